The Labute approximate surface area is 139 Å². The third kappa shape index (κ3) is 5.41. The second kappa shape index (κ2) is 8.97. The Morgan fingerprint density at radius 2 is 1.91 bits per heavy atom. The minimum atomic E-state index is 0.0519. The van der Waals surface area contributed by atoms with Crippen LogP contribution in [0.2, 0.25) is 0 Å². The van der Waals surface area contributed by atoms with E-state index in [0.717, 1.165) is 71.9 Å². The Bertz CT molecular complexity index is 368. The van der Waals surface area contributed by atoms with Crippen molar-refractivity contribution in [2.45, 2.75) is 31.7 Å². The molecule has 6 nitrogen and oxygen atoms in total. The van der Waals surface area contributed by atoms with Crippen LogP contribution < -0.4 is 10.6 Å². The molecule has 1 amide bonds. The van der Waals surface area contributed by atoms with Gasteiger partial charge in [0.1, 0.15) is 0 Å². The number of carbonyl (C=O) groups excluding carboxylic acids is 1. The molecule has 6 heteroatoms. The number of hydrogen-bond acceptors (Lipinski definition) is 5. The van der Waals surface area contributed by atoms with Crippen LogP contribution in [0.25, 0.3) is 0 Å². The Balaban J connectivity index is 1.33. The number of amides is 1. The maximum absolute atomic E-state index is 12.1. The second-order valence-corrected chi connectivity index (χ2v) is 7.16. The number of nitrogens with zero attached hydrogens (tertiary/aromatic N) is 2. The minimum Gasteiger partial charge on any atom is -0.379 e. The van der Waals surface area contributed by atoms with E-state index in [0.29, 0.717) is 5.92 Å². The normalized spacial score (nSPS) is 30.4. The summed E-state index contributed by atoms with van der Waals surface area (Å²) in [5.41, 5.74) is 0. The van der Waals surface area contributed by atoms with E-state index in [1.807, 2.05) is 0 Å². The molecule has 3 aliphatic rings. The molecule has 23 heavy (non-hydrogen) atoms. The summed E-state index contributed by atoms with van der Waals surface area (Å²) in [7, 11) is 0. The maximum Gasteiger partial charge on any atom is 0.237 e. The quantitative estimate of drug-likeness (QED) is 0.715. The molecule has 0 aromatic carbocycles. The zero-order valence-corrected chi connectivity index (χ0v) is 14.3. The Morgan fingerprint density at radius 3 is 2.70 bits per heavy atom. The number of piperidine rings is 1. The Morgan fingerprint density at radius 1 is 1.09 bits per heavy atom. The highest BCUT2D eigenvalue weighted by atomic mass is 16.5. The van der Waals surface area contributed by atoms with E-state index in [4.69, 9.17) is 4.74 Å². The van der Waals surface area contributed by atoms with Gasteiger partial charge in [0.05, 0.1) is 19.3 Å². The molecule has 3 heterocycles. The first kappa shape index (κ1) is 17.1. The van der Waals surface area contributed by atoms with E-state index in [2.05, 4.69) is 20.4 Å². The van der Waals surface area contributed by atoms with Gasteiger partial charge in [-0.05, 0) is 44.7 Å². The molecule has 0 aromatic rings. The van der Waals surface area contributed by atoms with E-state index in [1.54, 1.807) is 0 Å². The zero-order valence-electron chi connectivity index (χ0n) is 14.3. The molecule has 0 spiro atoms. The average Bonchev–Trinajstić information content (AvgIpc) is 3.14. The van der Waals surface area contributed by atoms with Crippen LogP contribution in [0.3, 0.4) is 0 Å². The summed E-state index contributed by atoms with van der Waals surface area (Å²) in [6, 6.07) is 0.0519. The highest BCUT2D eigenvalue weighted by Gasteiger charge is 2.24. The van der Waals surface area contributed by atoms with Gasteiger partial charge in [0.2, 0.25) is 5.91 Å². The lowest BCUT2D eigenvalue weighted by molar-refractivity contribution is -0.123. The van der Waals surface area contributed by atoms with Gasteiger partial charge in [-0.15, -0.1) is 0 Å². The Kier molecular flexibility index (Phi) is 6.68. The van der Waals surface area contributed by atoms with E-state index in [1.165, 1.54) is 19.4 Å². The van der Waals surface area contributed by atoms with Crippen LogP contribution in [0.4, 0.5) is 0 Å². The van der Waals surface area contributed by atoms with Gasteiger partial charge in [-0.3, -0.25) is 9.69 Å². The molecule has 3 saturated heterocycles. The lowest BCUT2D eigenvalue weighted by atomic mass is 9.98. The summed E-state index contributed by atoms with van der Waals surface area (Å²) < 4.78 is 5.40. The zero-order chi connectivity index (χ0) is 15.9. The third-order valence-electron chi connectivity index (χ3n) is 5.38. The summed E-state index contributed by atoms with van der Waals surface area (Å²) in [6.07, 6.45) is 4.61. The standard InChI is InChI=1S/C17H32N4O2/c22-17(16-4-1-5-18-16)19-13-15-3-2-6-21(14-15)8-7-20-9-11-23-12-10-20/h15-16,18H,1-14H2,(H,19,22). The average molecular weight is 324 g/mol. The van der Waals surface area contributed by atoms with Crippen LogP contribution in [0, 0.1) is 5.92 Å². The van der Waals surface area contributed by atoms with Crippen LogP contribution in [-0.2, 0) is 9.53 Å². The number of carbonyl (C=O) groups is 1. The first-order chi connectivity index (χ1) is 11.3. The predicted molar refractivity (Wildman–Crippen MR) is 90.5 cm³/mol. The smallest absolute Gasteiger partial charge is 0.237 e. The van der Waals surface area contributed by atoms with Crippen LogP contribution in [0.5, 0.6) is 0 Å². The highest BCUT2D eigenvalue weighted by molar-refractivity contribution is 5.81. The van der Waals surface area contributed by atoms with Gasteiger partial charge in [-0.1, -0.05) is 0 Å². The van der Waals surface area contributed by atoms with E-state index >= 15 is 0 Å². The van der Waals surface area contributed by atoms with Gasteiger partial charge in [0.25, 0.3) is 0 Å². The molecule has 132 valence electrons. The van der Waals surface area contributed by atoms with Gasteiger partial charge in [0.15, 0.2) is 0 Å². The largest absolute Gasteiger partial charge is 0.379 e. The number of likely N-dealkylation sites (tertiary alicyclic amines) is 1. The van der Waals surface area contributed by atoms with Crippen molar-refractivity contribution >= 4 is 5.91 Å². The van der Waals surface area contributed by atoms with Gasteiger partial charge in [0, 0.05) is 39.3 Å². The van der Waals surface area contributed by atoms with Crippen molar-refractivity contribution in [3.8, 4) is 0 Å². The number of rotatable bonds is 6. The lowest BCUT2D eigenvalue weighted by Gasteiger charge is -2.35. The SMILES string of the molecule is O=C(NCC1CCCN(CCN2CCOCC2)C1)C1CCCN1. The molecule has 3 fully saturated rings. The minimum absolute atomic E-state index is 0.0519. The maximum atomic E-state index is 12.1. The molecule has 3 aliphatic heterocycles. The van der Waals surface area contributed by atoms with Crippen molar-refractivity contribution in [1.82, 2.24) is 20.4 Å². The summed E-state index contributed by atoms with van der Waals surface area (Å²) in [5, 5.41) is 6.44. The van der Waals surface area contributed by atoms with Crippen LogP contribution in [0.15, 0.2) is 0 Å². The van der Waals surface area contributed by atoms with Crippen molar-refractivity contribution in [3.05, 3.63) is 0 Å². The first-order valence-corrected chi connectivity index (χ1v) is 9.35. The van der Waals surface area contributed by atoms with Gasteiger partial charge >= 0.3 is 0 Å². The summed E-state index contributed by atoms with van der Waals surface area (Å²) in [5.74, 6) is 0.812. The highest BCUT2D eigenvalue weighted by Crippen LogP contribution is 2.16. The predicted octanol–water partition coefficient (Wildman–Crippen LogP) is -0.101. The lowest BCUT2D eigenvalue weighted by Crippen LogP contribution is -2.47. The van der Waals surface area contributed by atoms with Crippen molar-refractivity contribution < 1.29 is 9.53 Å². The van der Waals surface area contributed by atoms with Gasteiger partial charge in [-0.25, -0.2) is 0 Å². The fourth-order valence-electron chi connectivity index (χ4n) is 3.91. The topological polar surface area (TPSA) is 56.8 Å². The molecule has 0 saturated carbocycles. The molecule has 2 unspecified atom stereocenters. The van der Waals surface area contributed by atoms with Crippen molar-refractivity contribution in [1.29, 1.82) is 0 Å². The Hall–Kier alpha value is -0.690. The van der Waals surface area contributed by atoms with Crippen LogP contribution >= 0.6 is 0 Å². The molecule has 2 atom stereocenters. The number of nitrogens with one attached hydrogen (secondary N) is 2. The number of hydrogen-bond donors (Lipinski definition) is 2. The van der Waals surface area contributed by atoms with Gasteiger partial charge in [-0.2, -0.15) is 0 Å². The van der Waals surface area contributed by atoms with E-state index in [9.17, 15) is 4.79 Å². The van der Waals surface area contributed by atoms with Gasteiger partial charge < -0.3 is 20.3 Å². The molecule has 2 N–H and O–H groups in total. The van der Waals surface area contributed by atoms with E-state index in [-0.39, 0.29) is 11.9 Å². The van der Waals surface area contributed by atoms with Crippen LogP contribution in [0.1, 0.15) is 25.7 Å². The molecular weight excluding hydrogens is 292 g/mol. The van der Waals surface area contributed by atoms with Crippen molar-refractivity contribution in [2.75, 3.05) is 65.6 Å². The molecule has 0 aliphatic carbocycles. The molecular formula is C17H32N4O2. The van der Waals surface area contributed by atoms with Crippen molar-refractivity contribution in [3.63, 3.8) is 0 Å². The molecule has 0 radical (unpaired) electrons. The fraction of sp³-hybridized carbons (Fsp3) is 0.941. The number of ether oxygens (including phenoxy) is 1. The van der Waals surface area contributed by atoms with Crippen molar-refractivity contribution in [2.24, 2.45) is 5.92 Å². The summed E-state index contributed by atoms with van der Waals surface area (Å²) in [6.45, 7) is 10.4. The molecule has 0 aromatic heterocycles. The third-order valence-corrected chi connectivity index (χ3v) is 5.38. The number of morpholine rings is 1. The summed E-state index contributed by atoms with van der Waals surface area (Å²) >= 11 is 0. The fourth-order valence-corrected chi connectivity index (χ4v) is 3.91. The van der Waals surface area contributed by atoms with E-state index < -0.39 is 0 Å². The molecule has 0 bridgehead atoms. The monoisotopic (exact) mass is 324 g/mol. The summed E-state index contributed by atoms with van der Waals surface area (Å²) in [4.78, 5) is 17.2. The van der Waals surface area contributed by atoms with Crippen LogP contribution in [-0.4, -0.2) is 87.3 Å². The molecule has 3 rings (SSSR count). The second-order valence-electron chi connectivity index (χ2n) is 7.16. The first-order valence-electron chi connectivity index (χ1n) is 9.35.